The Bertz CT molecular complexity index is 921. The summed E-state index contributed by atoms with van der Waals surface area (Å²) >= 11 is 0. The highest BCUT2D eigenvalue weighted by Crippen LogP contribution is 2.31. The van der Waals surface area contributed by atoms with Crippen LogP contribution in [0.5, 0.6) is 5.75 Å². The Hall–Kier alpha value is -3.12. The van der Waals surface area contributed by atoms with Crippen molar-refractivity contribution in [1.82, 2.24) is 5.32 Å². The Morgan fingerprint density at radius 2 is 1.94 bits per heavy atom. The van der Waals surface area contributed by atoms with Crippen LogP contribution in [-0.4, -0.2) is 37.1 Å². The van der Waals surface area contributed by atoms with Gasteiger partial charge in [-0.1, -0.05) is 30.3 Å². The summed E-state index contributed by atoms with van der Waals surface area (Å²) in [6, 6.07) is 12.1. The Morgan fingerprint density at radius 1 is 1.19 bits per heavy atom. The van der Waals surface area contributed by atoms with Crippen LogP contribution in [0.25, 0.3) is 0 Å². The third-order valence-corrected chi connectivity index (χ3v) is 5.59. The summed E-state index contributed by atoms with van der Waals surface area (Å²) in [5.74, 6) is -0.810. The number of carbonyl (C=O) groups is 2. The van der Waals surface area contributed by atoms with E-state index in [1.165, 1.54) is 25.3 Å². The van der Waals surface area contributed by atoms with Gasteiger partial charge in [0.05, 0.1) is 18.7 Å². The lowest BCUT2D eigenvalue weighted by molar-refractivity contribution is -0.109. The van der Waals surface area contributed by atoms with E-state index in [9.17, 15) is 14.7 Å². The summed E-state index contributed by atoms with van der Waals surface area (Å²) in [5, 5.41) is 12.8. The molecule has 2 aromatic carbocycles. The minimum Gasteiger partial charge on any atom is -0.493 e. The first-order valence-electron chi connectivity index (χ1n) is 10.8. The third-order valence-electron chi connectivity index (χ3n) is 5.59. The van der Waals surface area contributed by atoms with Crippen LogP contribution in [0.2, 0.25) is 0 Å². The molecule has 1 aliphatic heterocycles. The SMILES string of the molecule is C=CC(NC(C=O)c1ccc(C(=O)O)c(OCC)c1)c1ccccc1N1CCCCC1. The van der Waals surface area contributed by atoms with E-state index in [-0.39, 0.29) is 17.4 Å². The van der Waals surface area contributed by atoms with Crippen molar-refractivity contribution in [2.45, 2.75) is 38.3 Å². The molecule has 2 aromatic rings. The maximum atomic E-state index is 12.0. The molecular weight excluding hydrogens is 392 g/mol. The molecule has 0 aliphatic carbocycles. The van der Waals surface area contributed by atoms with E-state index in [2.05, 4.69) is 28.9 Å². The molecule has 1 saturated heterocycles. The zero-order valence-electron chi connectivity index (χ0n) is 17.9. The van der Waals surface area contributed by atoms with Crippen molar-refractivity contribution >= 4 is 17.9 Å². The number of piperidine rings is 1. The topological polar surface area (TPSA) is 78.9 Å². The van der Waals surface area contributed by atoms with Gasteiger partial charge in [0.15, 0.2) is 0 Å². The Morgan fingerprint density at radius 3 is 2.58 bits per heavy atom. The standard InChI is InChI=1S/C25H30N2O4/c1-3-21(19-10-6-7-11-23(19)27-14-8-5-9-15-27)26-22(17-28)18-12-13-20(25(29)30)24(16-18)31-4-2/h3,6-7,10-13,16-17,21-22,26H,1,4-5,8-9,14-15H2,2H3,(H,29,30). The zero-order valence-corrected chi connectivity index (χ0v) is 17.9. The number of para-hydroxylation sites is 1. The van der Waals surface area contributed by atoms with Gasteiger partial charge in [-0.3, -0.25) is 5.32 Å². The van der Waals surface area contributed by atoms with Gasteiger partial charge in [-0.15, -0.1) is 6.58 Å². The molecule has 2 unspecified atom stereocenters. The second-order valence-corrected chi connectivity index (χ2v) is 7.59. The fraction of sp³-hybridized carbons (Fsp3) is 0.360. The van der Waals surface area contributed by atoms with Crippen LogP contribution in [0.4, 0.5) is 5.69 Å². The monoisotopic (exact) mass is 422 g/mol. The second-order valence-electron chi connectivity index (χ2n) is 7.59. The minimum atomic E-state index is -1.06. The van der Waals surface area contributed by atoms with E-state index in [0.717, 1.165) is 30.6 Å². The first-order valence-corrected chi connectivity index (χ1v) is 10.8. The number of carboxylic acids is 1. The van der Waals surface area contributed by atoms with Crippen molar-refractivity contribution in [1.29, 1.82) is 0 Å². The summed E-state index contributed by atoms with van der Waals surface area (Å²) < 4.78 is 5.50. The molecule has 1 fully saturated rings. The number of hydrogen-bond acceptors (Lipinski definition) is 5. The van der Waals surface area contributed by atoms with Gasteiger partial charge >= 0.3 is 5.97 Å². The smallest absolute Gasteiger partial charge is 0.339 e. The number of nitrogens with one attached hydrogen (secondary N) is 1. The highest BCUT2D eigenvalue weighted by atomic mass is 16.5. The van der Waals surface area contributed by atoms with Crippen molar-refractivity contribution in [3.05, 3.63) is 71.8 Å². The average molecular weight is 423 g/mol. The van der Waals surface area contributed by atoms with Crippen LogP contribution < -0.4 is 15.0 Å². The molecule has 2 atom stereocenters. The number of ether oxygens (including phenoxy) is 1. The normalized spacial score (nSPS) is 15.7. The van der Waals surface area contributed by atoms with Crippen LogP contribution in [0, 0.1) is 0 Å². The molecule has 0 saturated carbocycles. The summed E-state index contributed by atoms with van der Waals surface area (Å²) in [4.78, 5) is 25.9. The largest absolute Gasteiger partial charge is 0.493 e. The highest BCUT2D eigenvalue weighted by Gasteiger charge is 2.22. The predicted octanol–water partition coefficient (Wildman–Crippen LogP) is 4.53. The molecule has 0 bridgehead atoms. The van der Waals surface area contributed by atoms with Crippen LogP contribution in [0.1, 0.15) is 59.8 Å². The first-order chi connectivity index (χ1) is 15.1. The molecule has 0 radical (unpaired) electrons. The maximum absolute atomic E-state index is 12.0. The van der Waals surface area contributed by atoms with Crippen molar-refractivity contribution in [2.24, 2.45) is 0 Å². The van der Waals surface area contributed by atoms with Crippen LogP contribution in [0.15, 0.2) is 55.1 Å². The molecule has 1 aliphatic rings. The lowest BCUT2D eigenvalue weighted by Crippen LogP contribution is -2.32. The highest BCUT2D eigenvalue weighted by molar-refractivity contribution is 5.91. The molecule has 164 valence electrons. The maximum Gasteiger partial charge on any atom is 0.339 e. The summed E-state index contributed by atoms with van der Waals surface area (Å²) in [6.45, 7) is 8.16. The number of nitrogens with zero attached hydrogens (tertiary/aromatic N) is 1. The number of rotatable bonds is 10. The van der Waals surface area contributed by atoms with Gasteiger partial charge in [0.2, 0.25) is 0 Å². The molecule has 3 rings (SSSR count). The first kappa shape index (κ1) is 22.6. The lowest BCUT2D eigenvalue weighted by atomic mass is 9.99. The number of hydrogen-bond donors (Lipinski definition) is 2. The number of aldehydes is 1. The van der Waals surface area contributed by atoms with Gasteiger partial charge < -0.3 is 19.5 Å². The summed E-state index contributed by atoms with van der Waals surface area (Å²) in [7, 11) is 0. The third kappa shape index (κ3) is 5.33. The van der Waals surface area contributed by atoms with E-state index in [0.29, 0.717) is 12.2 Å². The summed E-state index contributed by atoms with van der Waals surface area (Å²) in [6.07, 6.45) is 6.23. The van der Waals surface area contributed by atoms with Crippen molar-refractivity contribution in [2.75, 3.05) is 24.6 Å². The van der Waals surface area contributed by atoms with E-state index in [4.69, 9.17) is 4.74 Å². The van der Waals surface area contributed by atoms with Gasteiger partial charge in [-0.05, 0) is 55.5 Å². The van der Waals surface area contributed by atoms with Gasteiger partial charge in [0, 0.05) is 18.8 Å². The number of carboxylic acid groups (broad SMARTS) is 1. The van der Waals surface area contributed by atoms with Gasteiger partial charge in [-0.25, -0.2) is 4.79 Å². The molecule has 6 heteroatoms. The quantitative estimate of drug-likeness (QED) is 0.433. The molecule has 31 heavy (non-hydrogen) atoms. The van der Waals surface area contributed by atoms with E-state index >= 15 is 0 Å². The van der Waals surface area contributed by atoms with Crippen LogP contribution >= 0.6 is 0 Å². The Kier molecular flexibility index (Phi) is 7.84. The Labute approximate surface area is 183 Å². The predicted molar refractivity (Wildman–Crippen MR) is 122 cm³/mol. The number of benzene rings is 2. The zero-order chi connectivity index (χ0) is 22.2. The van der Waals surface area contributed by atoms with Crippen molar-refractivity contribution in [3.8, 4) is 5.75 Å². The molecule has 1 heterocycles. The molecule has 2 N–H and O–H groups in total. The number of aromatic carboxylic acids is 1. The van der Waals surface area contributed by atoms with Crippen LogP contribution in [-0.2, 0) is 4.79 Å². The average Bonchev–Trinajstić information content (AvgIpc) is 2.80. The number of carbonyl (C=O) groups excluding carboxylic acids is 1. The fourth-order valence-electron chi connectivity index (χ4n) is 4.05. The Balaban J connectivity index is 1.89. The van der Waals surface area contributed by atoms with E-state index < -0.39 is 12.0 Å². The van der Waals surface area contributed by atoms with E-state index in [1.54, 1.807) is 25.1 Å². The second kappa shape index (κ2) is 10.8. The molecule has 0 spiro atoms. The molecule has 6 nitrogen and oxygen atoms in total. The van der Waals surface area contributed by atoms with Gasteiger partial charge in [-0.2, -0.15) is 0 Å². The van der Waals surface area contributed by atoms with Gasteiger partial charge in [0.1, 0.15) is 17.6 Å². The van der Waals surface area contributed by atoms with Gasteiger partial charge in [0.25, 0.3) is 0 Å². The van der Waals surface area contributed by atoms with Crippen molar-refractivity contribution < 1.29 is 19.4 Å². The molecule has 0 aromatic heterocycles. The van der Waals surface area contributed by atoms with Crippen LogP contribution in [0.3, 0.4) is 0 Å². The fourth-order valence-corrected chi connectivity index (χ4v) is 4.05. The molecular formula is C25H30N2O4. The van der Waals surface area contributed by atoms with Crippen molar-refractivity contribution in [3.63, 3.8) is 0 Å². The lowest BCUT2D eigenvalue weighted by Gasteiger charge is -2.32. The van der Waals surface area contributed by atoms with E-state index in [1.807, 2.05) is 12.1 Å². The minimum absolute atomic E-state index is 0.0750. The number of anilines is 1. The summed E-state index contributed by atoms with van der Waals surface area (Å²) in [5.41, 5.74) is 2.94. The molecule has 0 amide bonds.